The summed E-state index contributed by atoms with van der Waals surface area (Å²) in [5.74, 6) is 1.52. The van der Waals surface area contributed by atoms with Crippen LogP contribution in [0, 0.1) is 5.92 Å². The van der Waals surface area contributed by atoms with Crippen molar-refractivity contribution in [3.05, 3.63) is 0 Å². The number of guanidine groups is 1. The molecular weight excluding hydrogens is 408 g/mol. The Morgan fingerprint density at radius 2 is 1.82 bits per heavy atom. The molecule has 0 aromatic carbocycles. The first-order valence-electron chi connectivity index (χ1n) is 7.69. The molecule has 0 amide bonds. The fourth-order valence-electron chi connectivity index (χ4n) is 2.60. The maximum atomic E-state index is 12.7. The van der Waals surface area contributed by atoms with Gasteiger partial charge in [-0.2, -0.15) is 13.2 Å². The van der Waals surface area contributed by atoms with E-state index in [0.717, 1.165) is 12.4 Å². The number of hydrogen-bond acceptors (Lipinski definition) is 2. The lowest BCUT2D eigenvalue weighted by Gasteiger charge is -2.39. The zero-order valence-electron chi connectivity index (χ0n) is 13.4. The molecule has 1 heterocycles. The van der Waals surface area contributed by atoms with Crippen LogP contribution >= 0.6 is 24.0 Å². The van der Waals surface area contributed by atoms with Crippen LogP contribution in [0.2, 0.25) is 0 Å². The van der Waals surface area contributed by atoms with Crippen LogP contribution in [0.1, 0.15) is 27.2 Å². The van der Waals surface area contributed by atoms with Gasteiger partial charge < -0.3 is 10.2 Å². The summed E-state index contributed by atoms with van der Waals surface area (Å²) in [6, 6.07) is -0.898. The Labute approximate surface area is 147 Å². The molecule has 2 aliphatic rings. The van der Waals surface area contributed by atoms with Crippen molar-refractivity contribution in [2.75, 3.05) is 32.7 Å². The molecule has 0 aromatic rings. The van der Waals surface area contributed by atoms with Gasteiger partial charge in [0, 0.05) is 38.8 Å². The van der Waals surface area contributed by atoms with Crippen molar-refractivity contribution in [1.82, 2.24) is 15.1 Å². The molecule has 22 heavy (non-hydrogen) atoms. The Kier molecular flexibility index (Phi) is 7.22. The third-order valence-corrected chi connectivity index (χ3v) is 4.37. The minimum absolute atomic E-state index is 0. The highest BCUT2D eigenvalue weighted by Gasteiger charge is 2.41. The van der Waals surface area contributed by atoms with Gasteiger partial charge in [0.25, 0.3) is 0 Å². The number of halogens is 4. The Bertz CT molecular complexity index is 381. The summed E-state index contributed by atoms with van der Waals surface area (Å²) in [7, 11) is 0. The lowest BCUT2D eigenvalue weighted by Crippen LogP contribution is -2.57. The van der Waals surface area contributed by atoms with Gasteiger partial charge in [-0.25, -0.2) is 0 Å². The van der Waals surface area contributed by atoms with Gasteiger partial charge >= 0.3 is 6.18 Å². The third kappa shape index (κ3) is 5.14. The number of alkyl halides is 3. The Morgan fingerprint density at radius 1 is 1.27 bits per heavy atom. The molecule has 1 N–H and O–H groups in total. The molecule has 1 aliphatic carbocycles. The lowest BCUT2D eigenvalue weighted by molar-refractivity contribution is -0.181. The SMILES string of the molecule is CCN=C(NC1CC1C)N1CCN(C(C)C(F)(F)F)CC1.I. The van der Waals surface area contributed by atoms with Crippen LogP contribution in [0.4, 0.5) is 13.2 Å². The van der Waals surface area contributed by atoms with E-state index in [-0.39, 0.29) is 24.0 Å². The highest BCUT2D eigenvalue weighted by Crippen LogP contribution is 2.29. The Balaban J connectivity index is 0.00000242. The summed E-state index contributed by atoms with van der Waals surface area (Å²) in [6.07, 6.45) is -3.00. The van der Waals surface area contributed by atoms with E-state index in [1.807, 2.05) is 6.92 Å². The Morgan fingerprint density at radius 3 is 2.23 bits per heavy atom. The number of nitrogens with one attached hydrogen (secondary N) is 1. The van der Waals surface area contributed by atoms with Crippen LogP contribution in [0.5, 0.6) is 0 Å². The number of rotatable bonds is 3. The number of aliphatic imine (C=N–C) groups is 1. The van der Waals surface area contributed by atoms with E-state index in [1.165, 1.54) is 11.8 Å². The van der Waals surface area contributed by atoms with E-state index < -0.39 is 12.2 Å². The van der Waals surface area contributed by atoms with Crippen LogP contribution in [0.15, 0.2) is 4.99 Å². The van der Waals surface area contributed by atoms with Crippen molar-refractivity contribution >= 4 is 29.9 Å². The average Bonchev–Trinajstić information content (AvgIpc) is 3.12. The quantitative estimate of drug-likeness (QED) is 0.421. The molecule has 1 aliphatic heterocycles. The summed E-state index contributed by atoms with van der Waals surface area (Å²) >= 11 is 0. The van der Waals surface area contributed by atoms with Gasteiger partial charge in [-0.15, -0.1) is 24.0 Å². The molecule has 130 valence electrons. The predicted molar refractivity (Wildman–Crippen MR) is 92.8 cm³/mol. The zero-order chi connectivity index (χ0) is 15.6. The molecule has 1 saturated carbocycles. The molecule has 4 nitrogen and oxygen atoms in total. The number of piperazine rings is 1. The summed E-state index contributed by atoms with van der Waals surface area (Å²) in [4.78, 5) is 8.05. The van der Waals surface area contributed by atoms with E-state index in [2.05, 4.69) is 22.1 Å². The van der Waals surface area contributed by atoms with Crippen molar-refractivity contribution in [3.63, 3.8) is 0 Å². The zero-order valence-corrected chi connectivity index (χ0v) is 15.7. The molecule has 0 bridgehead atoms. The molecular formula is C14H26F3IN4. The topological polar surface area (TPSA) is 30.9 Å². The molecule has 3 atom stereocenters. The summed E-state index contributed by atoms with van der Waals surface area (Å²) in [5.41, 5.74) is 0. The normalized spacial score (nSPS) is 28.1. The van der Waals surface area contributed by atoms with Gasteiger partial charge in [-0.1, -0.05) is 6.92 Å². The van der Waals surface area contributed by atoms with Crippen molar-refractivity contribution in [3.8, 4) is 0 Å². The fraction of sp³-hybridized carbons (Fsp3) is 0.929. The predicted octanol–water partition coefficient (Wildman–Crippen LogP) is 2.55. The lowest BCUT2D eigenvalue weighted by atomic mass is 10.2. The van der Waals surface area contributed by atoms with E-state index >= 15 is 0 Å². The van der Waals surface area contributed by atoms with Gasteiger partial charge in [0.1, 0.15) is 6.04 Å². The van der Waals surface area contributed by atoms with Crippen molar-refractivity contribution in [1.29, 1.82) is 0 Å². The van der Waals surface area contributed by atoms with E-state index in [0.29, 0.717) is 44.7 Å². The maximum absolute atomic E-state index is 12.7. The monoisotopic (exact) mass is 434 g/mol. The van der Waals surface area contributed by atoms with E-state index in [9.17, 15) is 13.2 Å². The average molecular weight is 434 g/mol. The second-order valence-electron chi connectivity index (χ2n) is 6.00. The van der Waals surface area contributed by atoms with E-state index in [1.54, 1.807) is 0 Å². The van der Waals surface area contributed by atoms with Crippen LogP contribution < -0.4 is 5.32 Å². The summed E-state index contributed by atoms with van der Waals surface area (Å²) < 4.78 is 38.2. The van der Waals surface area contributed by atoms with Gasteiger partial charge in [-0.05, 0) is 26.2 Å². The standard InChI is InChI=1S/C14H25F3N4.HI/c1-4-18-13(19-12-9-10(12)2)21-7-5-20(6-8-21)11(3)14(15,16)17;/h10-12H,4-9H2,1-3H3,(H,18,19);1H. The van der Waals surface area contributed by atoms with Gasteiger partial charge in [0.2, 0.25) is 0 Å². The maximum Gasteiger partial charge on any atom is 0.403 e. The third-order valence-electron chi connectivity index (χ3n) is 4.37. The second-order valence-corrected chi connectivity index (χ2v) is 6.00. The fourth-order valence-corrected chi connectivity index (χ4v) is 2.60. The molecule has 0 radical (unpaired) electrons. The molecule has 1 saturated heterocycles. The second kappa shape index (κ2) is 8.03. The number of nitrogens with zero attached hydrogens (tertiary/aromatic N) is 3. The van der Waals surface area contributed by atoms with Gasteiger partial charge in [0.15, 0.2) is 5.96 Å². The smallest absolute Gasteiger partial charge is 0.353 e. The van der Waals surface area contributed by atoms with Crippen LogP contribution in [0.3, 0.4) is 0 Å². The van der Waals surface area contributed by atoms with Crippen molar-refractivity contribution < 1.29 is 13.2 Å². The molecule has 2 rings (SSSR count). The minimum Gasteiger partial charge on any atom is -0.353 e. The van der Waals surface area contributed by atoms with Gasteiger partial charge in [0.05, 0.1) is 0 Å². The highest BCUT2D eigenvalue weighted by molar-refractivity contribution is 14.0. The van der Waals surface area contributed by atoms with Crippen molar-refractivity contribution in [2.24, 2.45) is 10.9 Å². The summed E-state index contributed by atoms with van der Waals surface area (Å²) in [5, 5.41) is 3.42. The van der Waals surface area contributed by atoms with Gasteiger partial charge in [-0.3, -0.25) is 9.89 Å². The van der Waals surface area contributed by atoms with E-state index in [4.69, 9.17) is 0 Å². The molecule has 3 unspecified atom stereocenters. The molecule has 0 aromatic heterocycles. The largest absolute Gasteiger partial charge is 0.403 e. The van der Waals surface area contributed by atoms with Crippen LogP contribution in [-0.2, 0) is 0 Å². The number of hydrogen-bond donors (Lipinski definition) is 1. The minimum atomic E-state index is -4.15. The Hall–Kier alpha value is -0.250. The molecule has 0 spiro atoms. The summed E-state index contributed by atoms with van der Waals surface area (Å²) in [6.45, 7) is 8.10. The molecule has 2 fully saturated rings. The van der Waals surface area contributed by atoms with Crippen LogP contribution in [-0.4, -0.2) is 66.7 Å². The van der Waals surface area contributed by atoms with Crippen molar-refractivity contribution in [2.45, 2.75) is 45.5 Å². The highest BCUT2D eigenvalue weighted by atomic mass is 127. The van der Waals surface area contributed by atoms with Crippen LogP contribution in [0.25, 0.3) is 0 Å². The first-order chi connectivity index (χ1) is 9.82. The first kappa shape index (κ1) is 19.8. The first-order valence-corrected chi connectivity index (χ1v) is 7.69. The molecule has 8 heteroatoms.